The molecule has 19 heavy (non-hydrogen) atoms. The van der Waals surface area contributed by atoms with Gasteiger partial charge in [-0.25, -0.2) is 13.5 Å². The normalized spacial score (nSPS) is 10.7. The van der Waals surface area contributed by atoms with Crippen molar-refractivity contribution >= 4 is 11.9 Å². The van der Waals surface area contributed by atoms with E-state index >= 15 is 0 Å². The van der Waals surface area contributed by atoms with Gasteiger partial charge in [-0.3, -0.25) is 9.59 Å². The van der Waals surface area contributed by atoms with E-state index in [4.69, 9.17) is 10.2 Å². The maximum atomic E-state index is 12.3. The van der Waals surface area contributed by atoms with Crippen molar-refractivity contribution in [1.82, 2.24) is 19.9 Å². The van der Waals surface area contributed by atoms with Gasteiger partial charge in [-0.1, -0.05) is 5.21 Å². The molecular weight excluding hydrogens is 266 g/mol. The van der Waals surface area contributed by atoms with Crippen molar-refractivity contribution in [2.75, 3.05) is 19.7 Å². The molecular formula is C9H12F2N4O4. The summed E-state index contributed by atoms with van der Waals surface area (Å²) in [5, 5.41) is 24.0. The van der Waals surface area contributed by atoms with Gasteiger partial charge >= 0.3 is 5.97 Å². The third-order valence-electron chi connectivity index (χ3n) is 2.07. The first-order chi connectivity index (χ1) is 8.93. The molecule has 1 rings (SSSR count). The van der Waals surface area contributed by atoms with Crippen molar-refractivity contribution < 1.29 is 28.6 Å². The van der Waals surface area contributed by atoms with Crippen LogP contribution in [0.5, 0.6) is 0 Å². The predicted octanol–water partition coefficient (Wildman–Crippen LogP) is -0.938. The Balaban J connectivity index is 2.78. The zero-order valence-electron chi connectivity index (χ0n) is 9.74. The van der Waals surface area contributed by atoms with Gasteiger partial charge in [0.15, 0.2) is 5.69 Å². The highest BCUT2D eigenvalue weighted by Gasteiger charge is 2.22. The van der Waals surface area contributed by atoms with Gasteiger partial charge in [0.1, 0.15) is 6.54 Å². The second-order valence-electron chi connectivity index (χ2n) is 3.56. The highest BCUT2D eigenvalue weighted by molar-refractivity contribution is 5.92. The summed E-state index contributed by atoms with van der Waals surface area (Å²) in [6, 6.07) is 0. The zero-order chi connectivity index (χ0) is 14.4. The molecule has 1 aromatic heterocycles. The second-order valence-corrected chi connectivity index (χ2v) is 3.56. The van der Waals surface area contributed by atoms with E-state index in [0.717, 1.165) is 15.8 Å². The number of aliphatic hydroxyl groups is 1. The molecule has 10 heteroatoms. The monoisotopic (exact) mass is 278 g/mol. The van der Waals surface area contributed by atoms with Crippen LogP contribution in [0.15, 0.2) is 6.20 Å². The largest absolute Gasteiger partial charge is 0.480 e. The summed E-state index contributed by atoms with van der Waals surface area (Å²) < 4.78 is 25.4. The number of halogens is 2. The standard InChI is InChI=1S/C9H12F2N4O4/c10-7(11)4-14(1-2-16)9(19)6-3-15(13-12-6)5-8(17)18/h3,7,16H,1-2,4-5H2,(H,17,18). The van der Waals surface area contributed by atoms with Gasteiger partial charge in [0.2, 0.25) is 0 Å². The lowest BCUT2D eigenvalue weighted by atomic mass is 10.3. The van der Waals surface area contributed by atoms with Gasteiger partial charge < -0.3 is 15.1 Å². The van der Waals surface area contributed by atoms with E-state index in [9.17, 15) is 18.4 Å². The van der Waals surface area contributed by atoms with Crippen LogP contribution >= 0.6 is 0 Å². The Labute approximate surface area is 106 Å². The van der Waals surface area contributed by atoms with Crippen LogP contribution in [0, 0.1) is 0 Å². The SMILES string of the molecule is O=C(O)Cn1cc(C(=O)N(CCO)CC(F)F)nn1. The molecule has 1 heterocycles. The molecule has 0 spiro atoms. The van der Waals surface area contributed by atoms with Crippen molar-refractivity contribution in [3.63, 3.8) is 0 Å². The lowest BCUT2D eigenvalue weighted by Gasteiger charge is -2.19. The lowest BCUT2D eigenvalue weighted by molar-refractivity contribution is -0.137. The molecule has 0 aromatic carbocycles. The maximum absolute atomic E-state index is 12.3. The van der Waals surface area contributed by atoms with E-state index in [-0.39, 0.29) is 12.2 Å². The molecule has 0 unspecified atom stereocenters. The van der Waals surface area contributed by atoms with Crippen molar-refractivity contribution in [2.45, 2.75) is 13.0 Å². The average molecular weight is 278 g/mol. The molecule has 0 radical (unpaired) electrons. The van der Waals surface area contributed by atoms with Crippen molar-refractivity contribution in [3.8, 4) is 0 Å². The Morgan fingerprint density at radius 3 is 2.68 bits per heavy atom. The van der Waals surface area contributed by atoms with Crippen LogP contribution in [0.2, 0.25) is 0 Å². The number of alkyl halides is 2. The number of hydrogen-bond donors (Lipinski definition) is 2. The Morgan fingerprint density at radius 2 is 2.16 bits per heavy atom. The van der Waals surface area contributed by atoms with E-state index in [1.54, 1.807) is 0 Å². The Kier molecular flexibility index (Phi) is 5.30. The number of carboxylic acid groups (broad SMARTS) is 1. The Morgan fingerprint density at radius 1 is 1.47 bits per heavy atom. The lowest BCUT2D eigenvalue weighted by Crippen LogP contribution is -2.37. The summed E-state index contributed by atoms with van der Waals surface area (Å²) in [6.45, 7) is -2.07. The van der Waals surface area contributed by atoms with Gasteiger partial charge in [0, 0.05) is 6.54 Å². The number of amides is 1. The first kappa shape index (κ1) is 15.0. The molecule has 106 valence electrons. The summed E-state index contributed by atoms with van der Waals surface area (Å²) in [4.78, 5) is 22.9. The van der Waals surface area contributed by atoms with Gasteiger partial charge in [-0.05, 0) is 0 Å². The summed E-state index contributed by atoms with van der Waals surface area (Å²) in [5.41, 5.74) is -0.254. The number of carbonyl (C=O) groups excluding carboxylic acids is 1. The first-order valence-corrected chi connectivity index (χ1v) is 5.24. The summed E-state index contributed by atoms with van der Waals surface area (Å²) in [7, 11) is 0. The number of aliphatic carboxylic acids is 1. The van der Waals surface area contributed by atoms with Crippen LogP contribution in [0.25, 0.3) is 0 Å². The molecule has 1 aromatic rings. The van der Waals surface area contributed by atoms with Crippen LogP contribution in [-0.4, -0.2) is 68.1 Å². The van der Waals surface area contributed by atoms with E-state index in [1.807, 2.05) is 0 Å². The van der Waals surface area contributed by atoms with E-state index in [1.165, 1.54) is 0 Å². The molecule has 8 nitrogen and oxygen atoms in total. The zero-order valence-corrected chi connectivity index (χ0v) is 9.74. The highest BCUT2D eigenvalue weighted by atomic mass is 19.3. The quantitative estimate of drug-likeness (QED) is 0.666. The third-order valence-corrected chi connectivity index (χ3v) is 2.07. The van der Waals surface area contributed by atoms with E-state index < -0.39 is 38.0 Å². The molecule has 0 bridgehead atoms. The number of carboxylic acids is 1. The van der Waals surface area contributed by atoms with Crippen LogP contribution in [-0.2, 0) is 11.3 Å². The highest BCUT2D eigenvalue weighted by Crippen LogP contribution is 2.04. The minimum atomic E-state index is -2.75. The summed E-state index contributed by atoms with van der Waals surface area (Å²) in [6.07, 6.45) is -1.70. The maximum Gasteiger partial charge on any atom is 0.325 e. The number of hydrogen-bond acceptors (Lipinski definition) is 5. The smallest absolute Gasteiger partial charge is 0.325 e. The summed E-state index contributed by atoms with van der Waals surface area (Å²) in [5.74, 6) is -2.02. The average Bonchev–Trinajstić information content (AvgIpc) is 2.74. The topological polar surface area (TPSA) is 109 Å². The van der Waals surface area contributed by atoms with Gasteiger partial charge in [0.25, 0.3) is 12.3 Å². The third kappa shape index (κ3) is 4.58. The molecule has 0 atom stereocenters. The van der Waals surface area contributed by atoms with Crippen molar-refractivity contribution in [2.24, 2.45) is 0 Å². The van der Waals surface area contributed by atoms with Crippen LogP contribution in [0.3, 0.4) is 0 Å². The molecule has 0 aliphatic heterocycles. The first-order valence-electron chi connectivity index (χ1n) is 5.24. The number of aromatic nitrogens is 3. The van der Waals surface area contributed by atoms with Crippen LogP contribution in [0.4, 0.5) is 8.78 Å². The molecule has 0 saturated heterocycles. The fraction of sp³-hybridized carbons (Fsp3) is 0.556. The molecule has 0 aliphatic carbocycles. The van der Waals surface area contributed by atoms with E-state index in [2.05, 4.69) is 10.3 Å². The van der Waals surface area contributed by atoms with Crippen LogP contribution in [0.1, 0.15) is 10.5 Å². The fourth-order valence-corrected chi connectivity index (χ4v) is 1.34. The van der Waals surface area contributed by atoms with Crippen molar-refractivity contribution in [1.29, 1.82) is 0 Å². The molecule has 0 saturated carbocycles. The molecule has 1 amide bonds. The number of rotatable bonds is 7. The van der Waals surface area contributed by atoms with Crippen molar-refractivity contribution in [3.05, 3.63) is 11.9 Å². The van der Waals surface area contributed by atoms with Crippen LogP contribution < -0.4 is 0 Å². The second kappa shape index (κ2) is 6.73. The van der Waals surface area contributed by atoms with E-state index in [0.29, 0.717) is 0 Å². The van der Waals surface area contributed by atoms with Gasteiger partial charge in [-0.15, -0.1) is 5.10 Å². The molecule has 2 N–H and O–H groups in total. The number of aliphatic hydroxyl groups excluding tert-OH is 1. The minimum absolute atomic E-state index is 0.254. The molecule has 0 fully saturated rings. The summed E-state index contributed by atoms with van der Waals surface area (Å²) >= 11 is 0. The Bertz CT molecular complexity index is 451. The molecule has 0 aliphatic rings. The Hall–Kier alpha value is -2.10. The predicted molar refractivity (Wildman–Crippen MR) is 56.7 cm³/mol. The number of nitrogens with zero attached hydrogens (tertiary/aromatic N) is 4. The fourth-order valence-electron chi connectivity index (χ4n) is 1.34. The minimum Gasteiger partial charge on any atom is -0.480 e. The number of carbonyl (C=O) groups is 2. The van der Waals surface area contributed by atoms with Gasteiger partial charge in [0.05, 0.1) is 19.3 Å². The van der Waals surface area contributed by atoms with Gasteiger partial charge in [-0.2, -0.15) is 0 Å².